The monoisotopic (exact) mass is 734 g/mol. The van der Waals surface area contributed by atoms with Crippen molar-refractivity contribution in [3.8, 4) is 22.5 Å². The molecule has 1 aliphatic carbocycles. The van der Waals surface area contributed by atoms with Gasteiger partial charge in [0.2, 0.25) is 0 Å². The number of thiophene rings is 1. The fourth-order valence-electron chi connectivity index (χ4n) is 5.39. The summed E-state index contributed by atoms with van der Waals surface area (Å²) in [5, 5.41) is 4.05. The van der Waals surface area contributed by atoms with Gasteiger partial charge in [-0.2, -0.15) is 11.3 Å². The first-order valence-electron chi connectivity index (χ1n) is 13.6. The van der Waals surface area contributed by atoms with Gasteiger partial charge in [-0.1, -0.05) is 66.5 Å². The van der Waals surface area contributed by atoms with Gasteiger partial charge in [0.1, 0.15) is 0 Å². The first-order chi connectivity index (χ1) is 19.0. The first kappa shape index (κ1) is 28.5. The minimum Gasteiger partial charge on any atom is -0.341 e. The number of nitrogens with zero attached hydrogens (tertiary/aromatic N) is 3. The van der Waals surface area contributed by atoms with Crippen LogP contribution in [0.15, 0.2) is 85.2 Å². The van der Waals surface area contributed by atoms with Crippen LogP contribution in [0.25, 0.3) is 42.8 Å². The molecule has 203 valence electrons. The first-order valence-corrected chi connectivity index (χ1v) is 17.9. The molecule has 7 rings (SSSR count). The maximum Gasteiger partial charge on any atom is 0.0799 e. The molecule has 4 aromatic heterocycles. The van der Waals surface area contributed by atoms with Crippen LogP contribution in [-0.4, -0.2) is 23.0 Å². The van der Waals surface area contributed by atoms with E-state index in [9.17, 15) is 0 Å². The number of benzene rings is 2. The summed E-state index contributed by atoms with van der Waals surface area (Å²) in [6.45, 7) is 7.28. The van der Waals surface area contributed by atoms with Crippen molar-refractivity contribution in [1.82, 2.24) is 15.0 Å². The van der Waals surface area contributed by atoms with E-state index in [4.69, 9.17) is 4.98 Å². The predicted octanol–water partition coefficient (Wildman–Crippen LogP) is 8.28. The topological polar surface area (TPSA) is 38.7 Å². The van der Waals surface area contributed by atoms with Crippen LogP contribution in [0.4, 0.5) is 0 Å². The van der Waals surface area contributed by atoms with Crippen molar-refractivity contribution in [3.05, 3.63) is 109 Å². The molecule has 0 unspecified atom stereocenters. The van der Waals surface area contributed by atoms with E-state index in [1.807, 2.05) is 42.5 Å². The Morgan fingerprint density at radius 2 is 1.57 bits per heavy atom. The maximum atomic E-state index is 4.97. The number of aromatic nitrogens is 3. The molecule has 3 nitrogen and oxygen atoms in total. The summed E-state index contributed by atoms with van der Waals surface area (Å²) in [4.78, 5) is 14.9. The molecule has 40 heavy (non-hydrogen) atoms. The predicted molar refractivity (Wildman–Crippen MR) is 167 cm³/mol. The van der Waals surface area contributed by atoms with Gasteiger partial charge in [0, 0.05) is 42.0 Å². The SMILES string of the molecule is C[Si](C)(C)c1cnc(-c2[c-]nc3sc4ccccc4c3c2)c2c1CCCC2.[Ir].[c-]1ccccc1-c1ccccn1. The van der Waals surface area contributed by atoms with E-state index >= 15 is 0 Å². The molecule has 0 fully saturated rings. The van der Waals surface area contributed by atoms with E-state index in [1.54, 1.807) is 23.1 Å². The van der Waals surface area contributed by atoms with Crippen LogP contribution >= 0.6 is 11.3 Å². The molecule has 6 heteroatoms. The van der Waals surface area contributed by atoms with Crippen LogP contribution in [0.2, 0.25) is 19.6 Å². The van der Waals surface area contributed by atoms with Gasteiger partial charge in [0.15, 0.2) is 0 Å². The molecule has 0 bridgehead atoms. The molecule has 2 aromatic carbocycles. The van der Waals surface area contributed by atoms with Gasteiger partial charge in [-0.3, -0.25) is 0 Å². The second kappa shape index (κ2) is 12.2. The number of hydrogen-bond donors (Lipinski definition) is 0. The number of hydrogen-bond acceptors (Lipinski definition) is 4. The fourth-order valence-corrected chi connectivity index (χ4v) is 8.03. The van der Waals surface area contributed by atoms with E-state index in [2.05, 4.69) is 78.4 Å². The molecule has 1 aliphatic rings. The summed E-state index contributed by atoms with van der Waals surface area (Å²) in [6.07, 6.45) is 12.1. The van der Waals surface area contributed by atoms with Crippen molar-refractivity contribution in [3.63, 3.8) is 0 Å². The van der Waals surface area contributed by atoms with Gasteiger partial charge in [0.25, 0.3) is 0 Å². The summed E-state index contributed by atoms with van der Waals surface area (Å²) < 4.78 is 1.29. The fraction of sp³-hybridized carbons (Fsp3) is 0.206. The Kier molecular flexibility index (Phi) is 8.72. The summed E-state index contributed by atoms with van der Waals surface area (Å²) in [6, 6.07) is 27.6. The third kappa shape index (κ3) is 5.86. The van der Waals surface area contributed by atoms with Crippen LogP contribution in [0.1, 0.15) is 24.0 Å². The Balaban J connectivity index is 0.000000209. The second-order valence-corrected chi connectivity index (χ2v) is 17.1. The molecule has 0 saturated heterocycles. The summed E-state index contributed by atoms with van der Waals surface area (Å²) >= 11 is 1.74. The number of pyridine rings is 3. The van der Waals surface area contributed by atoms with Crippen molar-refractivity contribution < 1.29 is 20.1 Å². The van der Waals surface area contributed by atoms with Crippen molar-refractivity contribution >= 4 is 44.9 Å². The van der Waals surface area contributed by atoms with Crippen LogP contribution in [0.5, 0.6) is 0 Å². The quantitative estimate of drug-likeness (QED) is 0.136. The Morgan fingerprint density at radius 3 is 2.33 bits per heavy atom. The Morgan fingerprint density at radius 1 is 0.800 bits per heavy atom. The molecule has 1 radical (unpaired) electrons. The van der Waals surface area contributed by atoms with Gasteiger partial charge in [0.05, 0.1) is 8.07 Å². The summed E-state index contributed by atoms with van der Waals surface area (Å²) in [7, 11) is -1.39. The average Bonchev–Trinajstić information content (AvgIpc) is 3.35. The summed E-state index contributed by atoms with van der Waals surface area (Å²) in [5.41, 5.74) is 7.20. The average molecular weight is 734 g/mol. The molecule has 0 saturated carbocycles. The zero-order valence-corrected chi connectivity index (χ0v) is 27.2. The molecule has 0 aliphatic heterocycles. The van der Waals surface area contributed by atoms with Crippen LogP contribution in [0.3, 0.4) is 0 Å². The standard InChI is InChI=1S/C23H23N2SSi.C11H8N.Ir/c1-27(2,3)21-14-24-22(18-10-5-4-9-17(18)21)15-12-19-16-8-6-7-11-20(16)26-23(19)25-13-15;1-2-6-10(7-3-1)11-8-4-5-9-12-11;/h6-8,11-12,14H,4-5,9-10H2,1-3H3;1-6,8-9H;/q2*-1;. The molecule has 0 atom stereocenters. The second-order valence-electron chi connectivity index (χ2n) is 11.0. The zero-order chi connectivity index (χ0) is 26.8. The van der Waals surface area contributed by atoms with Gasteiger partial charge in [-0.15, -0.1) is 47.5 Å². The van der Waals surface area contributed by atoms with E-state index in [1.165, 1.54) is 45.5 Å². The van der Waals surface area contributed by atoms with Crippen molar-refractivity contribution in [2.45, 2.75) is 45.3 Å². The van der Waals surface area contributed by atoms with Crippen LogP contribution in [-0.2, 0) is 32.9 Å². The number of rotatable bonds is 3. The van der Waals surface area contributed by atoms with Gasteiger partial charge >= 0.3 is 0 Å². The van der Waals surface area contributed by atoms with Gasteiger partial charge in [-0.05, 0) is 66.0 Å². The van der Waals surface area contributed by atoms with Gasteiger partial charge < -0.3 is 15.0 Å². The normalized spacial score (nSPS) is 12.8. The minimum atomic E-state index is -1.39. The molecule has 0 N–H and O–H groups in total. The maximum absolute atomic E-state index is 4.97. The molecule has 6 aromatic rings. The van der Waals surface area contributed by atoms with Gasteiger partial charge in [-0.25, -0.2) is 0 Å². The van der Waals surface area contributed by atoms with Crippen molar-refractivity contribution in [1.29, 1.82) is 0 Å². The molecule has 4 heterocycles. The molecular formula is C34H31IrN3SSi-2. The largest absolute Gasteiger partial charge is 0.341 e. The Labute approximate surface area is 255 Å². The number of fused-ring (bicyclic) bond motifs is 4. The third-order valence-electron chi connectivity index (χ3n) is 7.30. The summed E-state index contributed by atoms with van der Waals surface area (Å²) in [5.74, 6) is 0. The van der Waals surface area contributed by atoms with Crippen LogP contribution in [0, 0.1) is 12.3 Å². The Bertz CT molecular complexity index is 1710. The van der Waals surface area contributed by atoms with Crippen LogP contribution < -0.4 is 5.19 Å². The molecule has 0 spiro atoms. The van der Waals surface area contributed by atoms with Crippen molar-refractivity contribution in [2.24, 2.45) is 0 Å². The van der Waals surface area contributed by atoms with E-state index in [0.29, 0.717) is 0 Å². The van der Waals surface area contributed by atoms with E-state index in [-0.39, 0.29) is 20.1 Å². The molecular weight excluding hydrogens is 703 g/mol. The van der Waals surface area contributed by atoms with E-state index < -0.39 is 8.07 Å². The third-order valence-corrected chi connectivity index (χ3v) is 10.4. The minimum absolute atomic E-state index is 0. The Hall–Kier alpha value is -3.02. The van der Waals surface area contributed by atoms with E-state index in [0.717, 1.165) is 33.8 Å². The zero-order valence-electron chi connectivity index (χ0n) is 23.0. The smallest absolute Gasteiger partial charge is 0.0799 e. The molecule has 0 amide bonds. The van der Waals surface area contributed by atoms with Crippen molar-refractivity contribution in [2.75, 3.05) is 0 Å².